The van der Waals surface area contributed by atoms with Crippen LogP contribution in [0, 0.1) is 5.82 Å². The number of methoxy groups -OCH3 is 1. The topological polar surface area (TPSA) is 49.7 Å². The Hall–Kier alpha value is -0.368. The van der Waals surface area contributed by atoms with E-state index in [2.05, 4.69) is 15.9 Å². The number of ether oxygens (including phenoxy) is 1. The molecule has 0 amide bonds. The average molecular weight is 321 g/mol. The van der Waals surface area contributed by atoms with E-state index in [1.54, 1.807) is 0 Å². The Morgan fingerprint density at radius 1 is 1.35 bits per heavy atom. The van der Waals surface area contributed by atoms with Crippen molar-refractivity contribution in [3.05, 3.63) is 16.4 Å². The highest BCUT2D eigenvalue weighted by Gasteiger charge is 2.31. The molecule has 1 aromatic carbocycles. The van der Waals surface area contributed by atoms with Crippen LogP contribution in [-0.2, 0) is 0 Å². The molecule has 0 aromatic heterocycles. The summed E-state index contributed by atoms with van der Waals surface area (Å²) in [6.45, 7) is 5.93. The molecule has 0 aliphatic rings. The normalized spacial score (nSPS) is 11.5. The van der Waals surface area contributed by atoms with Gasteiger partial charge >= 0.3 is 7.12 Å². The van der Waals surface area contributed by atoms with Crippen LogP contribution in [0.1, 0.15) is 0 Å². The highest BCUT2D eigenvalue weighted by atomic mass is 79.9. The van der Waals surface area contributed by atoms with Crippen molar-refractivity contribution >= 4 is 41.8 Å². The highest BCUT2D eigenvalue weighted by molar-refractivity contribution is 9.10. The fourth-order valence-electron chi connectivity index (χ4n) is 1.63. The van der Waals surface area contributed by atoms with Gasteiger partial charge in [0, 0.05) is 5.46 Å². The first-order valence-corrected chi connectivity index (χ1v) is 9.42. The van der Waals surface area contributed by atoms with Gasteiger partial charge < -0.3 is 14.8 Å². The fraction of sp³-hybridized carbons (Fsp3) is 0.400. The number of hydrogen-bond donors (Lipinski definition) is 2. The smallest absolute Gasteiger partial charge is 0.491 e. The van der Waals surface area contributed by atoms with Gasteiger partial charge in [0.15, 0.2) is 0 Å². The minimum Gasteiger partial charge on any atom is -0.496 e. The van der Waals surface area contributed by atoms with E-state index in [-0.39, 0.29) is 5.46 Å². The zero-order valence-electron chi connectivity index (χ0n) is 10.2. The predicted molar refractivity (Wildman–Crippen MR) is 73.5 cm³/mol. The first-order valence-electron chi connectivity index (χ1n) is 5.12. The Labute approximate surface area is 110 Å². The zero-order chi connectivity index (χ0) is 13.4. The molecule has 0 unspecified atom stereocenters. The van der Waals surface area contributed by atoms with Crippen LogP contribution in [-0.4, -0.2) is 32.4 Å². The third-order valence-electron chi connectivity index (χ3n) is 2.44. The summed E-state index contributed by atoms with van der Waals surface area (Å²) in [5.74, 6) is -0.154. The first-order chi connectivity index (χ1) is 7.70. The summed E-state index contributed by atoms with van der Waals surface area (Å²) in [4.78, 5) is 0. The number of halogens is 2. The SMILES string of the molecule is COc1cc(B(O)O)c(F)c([Si](C)(C)C)c1Br. The van der Waals surface area contributed by atoms with Crippen LogP contribution in [0.25, 0.3) is 0 Å². The lowest BCUT2D eigenvalue weighted by Crippen LogP contribution is -2.47. The molecule has 0 heterocycles. The van der Waals surface area contributed by atoms with Gasteiger partial charge in [-0.15, -0.1) is 0 Å². The molecule has 17 heavy (non-hydrogen) atoms. The number of hydrogen-bond acceptors (Lipinski definition) is 3. The van der Waals surface area contributed by atoms with E-state index in [9.17, 15) is 4.39 Å². The van der Waals surface area contributed by atoms with Crippen molar-refractivity contribution in [3.63, 3.8) is 0 Å². The van der Waals surface area contributed by atoms with Crippen LogP contribution in [0.3, 0.4) is 0 Å². The van der Waals surface area contributed by atoms with Crippen molar-refractivity contribution in [2.75, 3.05) is 7.11 Å². The summed E-state index contributed by atoms with van der Waals surface area (Å²) >= 11 is 3.32. The second-order valence-corrected chi connectivity index (χ2v) is 10.6. The highest BCUT2D eigenvalue weighted by Crippen LogP contribution is 2.25. The van der Waals surface area contributed by atoms with E-state index in [1.165, 1.54) is 13.2 Å². The van der Waals surface area contributed by atoms with E-state index in [4.69, 9.17) is 14.8 Å². The molecule has 0 spiro atoms. The van der Waals surface area contributed by atoms with E-state index < -0.39 is 21.0 Å². The number of rotatable bonds is 3. The van der Waals surface area contributed by atoms with Gasteiger partial charge in [-0.05, 0) is 27.2 Å². The predicted octanol–water partition coefficient (Wildman–Crippen LogP) is 0.822. The Morgan fingerprint density at radius 2 is 1.88 bits per heavy atom. The summed E-state index contributed by atoms with van der Waals surface area (Å²) in [7, 11) is -2.35. The second kappa shape index (κ2) is 5.09. The van der Waals surface area contributed by atoms with Crippen LogP contribution in [0.4, 0.5) is 4.39 Å². The number of benzene rings is 1. The summed E-state index contributed by atoms with van der Waals surface area (Å²) in [5, 5.41) is 18.8. The quantitative estimate of drug-likeness (QED) is 0.811. The van der Waals surface area contributed by atoms with Crippen LogP contribution >= 0.6 is 15.9 Å². The molecule has 0 radical (unpaired) electrons. The molecular weight excluding hydrogens is 306 g/mol. The van der Waals surface area contributed by atoms with E-state index in [0.29, 0.717) is 15.4 Å². The molecule has 2 N–H and O–H groups in total. The molecule has 0 bridgehead atoms. The lowest BCUT2D eigenvalue weighted by Gasteiger charge is -2.22. The van der Waals surface area contributed by atoms with Gasteiger partial charge in [0.25, 0.3) is 0 Å². The molecule has 1 aromatic rings. The van der Waals surface area contributed by atoms with Crippen LogP contribution in [0.5, 0.6) is 5.75 Å². The average Bonchev–Trinajstić information content (AvgIpc) is 2.15. The van der Waals surface area contributed by atoms with Gasteiger partial charge in [-0.25, -0.2) is 4.39 Å². The van der Waals surface area contributed by atoms with Crippen molar-refractivity contribution in [2.24, 2.45) is 0 Å². The minimum atomic E-state index is -1.97. The molecule has 1 rings (SSSR count). The Bertz CT molecular complexity index is 435. The van der Waals surface area contributed by atoms with Crippen LogP contribution < -0.4 is 15.4 Å². The van der Waals surface area contributed by atoms with Crippen molar-refractivity contribution in [1.29, 1.82) is 0 Å². The van der Waals surface area contributed by atoms with Crippen molar-refractivity contribution in [1.82, 2.24) is 0 Å². The van der Waals surface area contributed by atoms with Gasteiger partial charge in [0.1, 0.15) is 11.6 Å². The standard InChI is InChI=1S/C10H15BBrFO3Si/c1-16-7-5-6(11(14)15)9(13)10(8(7)12)17(2,3)4/h5,14-15H,1-4H3. The maximum atomic E-state index is 14.2. The minimum absolute atomic E-state index is 0.150. The molecular formula is C10H15BBrFO3Si. The van der Waals surface area contributed by atoms with Gasteiger partial charge in [-0.3, -0.25) is 0 Å². The van der Waals surface area contributed by atoms with Crippen LogP contribution in [0.2, 0.25) is 19.6 Å². The molecule has 0 saturated carbocycles. The van der Waals surface area contributed by atoms with E-state index in [1.807, 2.05) is 19.6 Å². The van der Waals surface area contributed by atoms with Gasteiger partial charge in [0.2, 0.25) is 0 Å². The zero-order valence-corrected chi connectivity index (χ0v) is 12.8. The lowest BCUT2D eigenvalue weighted by molar-refractivity contribution is 0.408. The fourth-order valence-corrected chi connectivity index (χ4v) is 5.45. The molecule has 0 aliphatic carbocycles. The van der Waals surface area contributed by atoms with Crippen molar-refractivity contribution in [3.8, 4) is 5.75 Å². The van der Waals surface area contributed by atoms with E-state index >= 15 is 0 Å². The summed E-state index contributed by atoms with van der Waals surface area (Å²) in [5.41, 5.74) is -0.150. The van der Waals surface area contributed by atoms with Crippen molar-refractivity contribution < 1.29 is 19.2 Å². The molecule has 94 valence electrons. The summed E-state index contributed by atoms with van der Waals surface area (Å²) in [6, 6.07) is 1.30. The lowest BCUT2D eigenvalue weighted by atomic mass is 9.80. The molecule has 3 nitrogen and oxygen atoms in total. The van der Waals surface area contributed by atoms with Gasteiger partial charge in [0.05, 0.1) is 19.7 Å². The molecule has 0 saturated heterocycles. The molecule has 0 fully saturated rings. The van der Waals surface area contributed by atoms with Gasteiger partial charge in [-0.2, -0.15) is 0 Å². The summed E-state index contributed by atoms with van der Waals surface area (Å²) < 4.78 is 19.9. The van der Waals surface area contributed by atoms with Gasteiger partial charge in [-0.1, -0.05) is 19.6 Å². The van der Waals surface area contributed by atoms with Crippen molar-refractivity contribution in [2.45, 2.75) is 19.6 Å². The van der Waals surface area contributed by atoms with Crippen LogP contribution in [0.15, 0.2) is 10.5 Å². The molecule has 0 aliphatic heterocycles. The Balaban J connectivity index is 3.62. The summed E-state index contributed by atoms with van der Waals surface area (Å²) in [6.07, 6.45) is 0. The third kappa shape index (κ3) is 2.90. The largest absolute Gasteiger partial charge is 0.496 e. The monoisotopic (exact) mass is 320 g/mol. The Morgan fingerprint density at radius 3 is 2.24 bits per heavy atom. The third-order valence-corrected chi connectivity index (χ3v) is 5.57. The molecule has 0 atom stereocenters. The first kappa shape index (κ1) is 14.7. The Kier molecular flexibility index (Phi) is 4.40. The van der Waals surface area contributed by atoms with E-state index in [0.717, 1.165) is 0 Å². The maximum Gasteiger partial charge on any atom is 0.491 e. The maximum absolute atomic E-state index is 14.2. The second-order valence-electron chi connectivity index (χ2n) is 4.79. The molecule has 7 heteroatoms.